The molecule has 0 radical (unpaired) electrons. The van der Waals surface area contributed by atoms with Crippen molar-refractivity contribution in [3.05, 3.63) is 29.3 Å². The van der Waals surface area contributed by atoms with Crippen LogP contribution in [0, 0.1) is 6.92 Å². The first-order valence-corrected chi connectivity index (χ1v) is 8.67. The van der Waals surface area contributed by atoms with Gasteiger partial charge in [0.1, 0.15) is 12.4 Å². The minimum absolute atomic E-state index is 0. The Bertz CT molecular complexity index is 603. The van der Waals surface area contributed by atoms with Crippen LogP contribution in [0.2, 0.25) is 0 Å². The Morgan fingerprint density at radius 2 is 2.15 bits per heavy atom. The van der Waals surface area contributed by atoms with Crippen molar-refractivity contribution in [3.8, 4) is 5.75 Å². The molecule has 0 saturated carbocycles. The molecule has 0 bridgehead atoms. The number of halogens is 2. The lowest BCUT2D eigenvalue weighted by Crippen LogP contribution is -2.45. The van der Waals surface area contributed by atoms with E-state index in [0.29, 0.717) is 30.5 Å². The predicted molar refractivity (Wildman–Crippen MR) is 107 cm³/mol. The van der Waals surface area contributed by atoms with Gasteiger partial charge in [0.15, 0.2) is 0 Å². The van der Waals surface area contributed by atoms with Crippen molar-refractivity contribution in [2.45, 2.75) is 38.5 Å². The first-order valence-electron chi connectivity index (χ1n) is 8.67. The van der Waals surface area contributed by atoms with Crippen molar-refractivity contribution in [1.82, 2.24) is 10.2 Å². The van der Waals surface area contributed by atoms with Gasteiger partial charge in [0.2, 0.25) is 0 Å². The summed E-state index contributed by atoms with van der Waals surface area (Å²) in [5.74, 6) is 0.515. The van der Waals surface area contributed by atoms with E-state index in [1.54, 1.807) is 0 Å². The third-order valence-corrected chi connectivity index (χ3v) is 4.68. The number of nitrogens with two attached hydrogens (primary N) is 1. The first kappa shape index (κ1) is 23.0. The monoisotopic (exact) mass is 405 g/mol. The lowest BCUT2D eigenvalue weighted by molar-refractivity contribution is -0.0390. The van der Waals surface area contributed by atoms with Crippen molar-refractivity contribution < 1.29 is 14.3 Å². The average Bonchev–Trinajstić information content (AvgIpc) is 2.94. The first-order chi connectivity index (χ1) is 11.6. The topological polar surface area (TPSA) is 76.8 Å². The van der Waals surface area contributed by atoms with E-state index >= 15 is 0 Å². The van der Waals surface area contributed by atoms with Gasteiger partial charge in [-0.1, -0.05) is 11.6 Å². The number of amides is 1. The molecule has 0 aromatic heterocycles. The highest BCUT2D eigenvalue weighted by atomic mass is 35.5. The smallest absolute Gasteiger partial charge is 0.255 e. The van der Waals surface area contributed by atoms with Gasteiger partial charge in [0, 0.05) is 31.7 Å². The minimum atomic E-state index is -0.0791. The number of rotatable bonds is 5. The van der Waals surface area contributed by atoms with Crippen LogP contribution >= 0.6 is 24.8 Å². The third kappa shape index (κ3) is 5.47. The number of nitrogens with zero attached hydrogens (tertiary/aromatic N) is 1. The zero-order chi connectivity index (χ0) is 17.1. The summed E-state index contributed by atoms with van der Waals surface area (Å²) in [7, 11) is 0. The van der Waals surface area contributed by atoms with E-state index in [2.05, 4.69) is 17.1 Å². The van der Waals surface area contributed by atoms with E-state index in [-0.39, 0.29) is 42.9 Å². The number of fused-ring (bicyclic) bond motifs is 1. The summed E-state index contributed by atoms with van der Waals surface area (Å²) in [4.78, 5) is 15.2. The Balaban J connectivity index is 0.00000169. The van der Waals surface area contributed by atoms with Gasteiger partial charge < -0.3 is 20.5 Å². The predicted octanol–water partition coefficient (Wildman–Crippen LogP) is 1.77. The van der Waals surface area contributed by atoms with E-state index < -0.39 is 0 Å². The highest BCUT2D eigenvalue weighted by molar-refractivity contribution is 5.97. The summed E-state index contributed by atoms with van der Waals surface area (Å²) in [6.45, 7) is 7.46. The summed E-state index contributed by atoms with van der Waals surface area (Å²) in [6, 6.07) is 6.22. The van der Waals surface area contributed by atoms with Crippen LogP contribution in [0.5, 0.6) is 5.75 Å². The van der Waals surface area contributed by atoms with Crippen LogP contribution in [0.4, 0.5) is 0 Å². The molecule has 8 heteroatoms. The summed E-state index contributed by atoms with van der Waals surface area (Å²) in [6.07, 6.45) is 1.20. The molecule has 0 unspecified atom stereocenters. The summed E-state index contributed by atoms with van der Waals surface area (Å²) >= 11 is 0. The number of carbonyl (C=O) groups excluding carboxylic acids is 1. The number of aryl methyl sites for hydroxylation is 1. The maximum absolute atomic E-state index is 12.7. The van der Waals surface area contributed by atoms with Crippen LogP contribution in [-0.4, -0.2) is 61.8 Å². The molecule has 2 aliphatic rings. The van der Waals surface area contributed by atoms with Crippen molar-refractivity contribution in [2.75, 3.05) is 32.8 Å². The number of hydrogen-bond acceptors (Lipinski definition) is 5. The van der Waals surface area contributed by atoms with Crippen LogP contribution in [0.15, 0.2) is 18.2 Å². The van der Waals surface area contributed by atoms with Gasteiger partial charge in [0.05, 0.1) is 18.3 Å². The van der Waals surface area contributed by atoms with E-state index in [9.17, 15) is 4.79 Å². The van der Waals surface area contributed by atoms with Crippen molar-refractivity contribution in [2.24, 2.45) is 5.73 Å². The summed E-state index contributed by atoms with van der Waals surface area (Å²) < 4.78 is 11.3. The number of morpholine rings is 1. The maximum atomic E-state index is 12.7. The van der Waals surface area contributed by atoms with Gasteiger partial charge in [-0.2, -0.15) is 0 Å². The average molecular weight is 406 g/mol. The molecule has 2 heterocycles. The molecular weight excluding hydrogens is 377 g/mol. The Labute approximate surface area is 167 Å². The highest BCUT2D eigenvalue weighted by Crippen LogP contribution is 2.25. The van der Waals surface area contributed by atoms with Gasteiger partial charge in [-0.15, -0.1) is 24.8 Å². The van der Waals surface area contributed by atoms with Crippen molar-refractivity contribution >= 4 is 30.7 Å². The standard InChI is InChI=1S/C18H27N3O3.2ClH/c1-12-3-4-17(23-6-5-19)16(7-12)18(22)20-14-8-15-11-24-13(2)9-21(15)10-14;;/h3-4,7,13-15H,5-6,8-11,19H2,1-2H3,(H,20,22);2*1H/t13-,14-,15+;;/m1../s1. The zero-order valence-corrected chi connectivity index (χ0v) is 16.9. The van der Waals surface area contributed by atoms with E-state index in [0.717, 1.165) is 31.7 Å². The molecule has 148 valence electrons. The van der Waals surface area contributed by atoms with Crippen LogP contribution in [0.25, 0.3) is 0 Å². The number of carbonyl (C=O) groups is 1. The minimum Gasteiger partial charge on any atom is -0.491 e. The molecule has 2 saturated heterocycles. The quantitative estimate of drug-likeness (QED) is 0.780. The third-order valence-electron chi connectivity index (χ3n) is 4.68. The molecule has 6 nitrogen and oxygen atoms in total. The van der Waals surface area contributed by atoms with E-state index in [1.165, 1.54) is 0 Å². The fourth-order valence-corrected chi connectivity index (χ4v) is 3.52. The second-order valence-electron chi connectivity index (χ2n) is 6.79. The Morgan fingerprint density at radius 3 is 2.88 bits per heavy atom. The second kappa shape index (κ2) is 10.3. The van der Waals surface area contributed by atoms with Crippen molar-refractivity contribution in [1.29, 1.82) is 0 Å². The molecule has 1 aromatic rings. The molecule has 2 aliphatic heterocycles. The summed E-state index contributed by atoms with van der Waals surface area (Å²) in [5.41, 5.74) is 7.11. The molecule has 2 fully saturated rings. The fraction of sp³-hybridized carbons (Fsp3) is 0.611. The lowest BCUT2D eigenvalue weighted by Gasteiger charge is -2.33. The van der Waals surface area contributed by atoms with E-state index in [1.807, 2.05) is 25.1 Å². The Kier molecular flexibility index (Phi) is 9.13. The van der Waals surface area contributed by atoms with Gasteiger partial charge in [-0.25, -0.2) is 0 Å². The Morgan fingerprint density at radius 1 is 1.38 bits per heavy atom. The largest absolute Gasteiger partial charge is 0.491 e. The maximum Gasteiger partial charge on any atom is 0.255 e. The molecule has 3 atom stereocenters. The molecule has 0 aliphatic carbocycles. The van der Waals surface area contributed by atoms with Crippen LogP contribution in [0.1, 0.15) is 29.3 Å². The molecule has 1 aromatic carbocycles. The van der Waals surface area contributed by atoms with Crippen LogP contribution < -0.4 is 15.8 Å². The fourth-order valence-electron chi connectivity index (χ4n) is 3.52. The van der Waals surface area contributed by atoms with Crippen LogP contribution in [-0.2, 0) is 4.74 Å². The molecular formula is C18H29Cl2N3O3. The highest BCUT2D eigenvalue weighted by Gasteiger charge is 2.37. The summed E-state index contributed by atoms with van der Waals surface area (Å²) in [5, 5.41) is 3.16. The molecule has 3 N–H and O–H groups in total. The molecule has 1 amide bonds. The second-order valence-corrected chi connectivity index (χ2v) is 6.79. The van der Waals surface area contributed by atoms with E-state index in [4.69, 9.17) is 15.2 Å². The number of benzene rings is 1. The molecule has 3 rings (SSSR count). The zero-order valence-electron chi connectivity index (χ0n) is 15.3. The van der Waals surface area contributed by atoms with Crippen molar-refractivity contribution in [3.63, 3.8) is 0 Å². The SMILES string of the molecule is Cc1ccc(OCCN)c(C(=O)N[C@@H]2C[C@H]3CO[C@H](C)CN3C2)c1.Cl.Cl. The Hall–Kier alpha value is -1.05. The van der Waals surface area contributed by atoms with Crippen LogP contribution in [0.3, 0.4) is 0 Å². The number of ether oxygens (including phenoxy) is 2. The van der Waals surface area contributed by atoms with Gasteiger partial charge in [0.25, 0.3) is 5.91 Å². The molecule has 26 heavy (non-hydrogen) atoms. The van der Waals surface area contributed by atoms with Gasteiger partial charge in [-0.05, 0) is 32.4 Å². The molecule has 0 spiro atoms. The number of nitrogens with one attached hydrogen (secondary N) is 1. The number of hydrogen-bond donors (Lipinski definition) is 2. The van der Waals surface area contributed by atoms with Gasteiger partial charge in [-0.3, -0.25) is 9.69 Å². The van der Waals surface area contributed by atoms with Gasteiger partial charge >= 0.3 is 0 Å². The normalized spacial score (nSPS) is 24.8. The lowest BCUT2D eigenvalue weighted by atomic mass is 10.1.